The maximum absolute atomic E-state index is 13.8. The molecule has 0 radical (unpaired) electrons. The van der Waals surface area contributed by atoms with Crippen LogP contribution in [-0.2, 0) is 15.0 Å². The first-order valence-electron chi connectivity index (χ1n) is 9.39. The highest BCUT2D eigenvalue weighted by molar-refractivity contribution is 6.12. The zero-order valence-electron chi connectivity index (χ0n) is 16.0. The zero-order valence-corrected chi connectivity index (χ0v) is 16.0. The van der Waals surface area contributed by atoms with Crippen LogP contribution in [0.15, 0.2) is 48.5 Å². The van der Waals surface area contributed by atoms with E-state index in [9.17, 15) is 9.59 Å². The first kappa shape index (κ1) is 17.6. The van der Waals surface area contributed by atoms with Crippen LogP contribution in [0.1, 0.15) is 37.4 Å². The number of amides is 2. The second kappa shape index (κ2) is 6.12. The van der Waals surface area contributed by atoms with Gasteiger partial charge >= 0.3 is 0 Å². The highest BCUT2D eigenvalue weighted by atomic mass is 16.2. The predicted octanol–water partition coefficient (Wildman–Crippen LogP) is 3.11. The third kappa shape index (κ3) is 2.45. The fourth-order valence-electron chi connectivity index (χ4n) is 4.67. The van der Waals surface area contributed by atoms with Crippen molar-refractivity contribution in [3.8, 4) is 0 Å². The lowest BCUT2D eigenvalue weighted by Gasteiger charge is -2.33. The lowest BCUT2D eigenvalue weighted by Crippen LogP contribution is -2.45. The molecule has 2 atom stereocenters. The van der Waals surface area contributed by atoms with Gasteiger partial charge in [-0.1, -0.05) is 44.2 Å². The predicted molar refractivity (Wildman–Crippen MR) is 106 cm³/mol. The van der Waals surface area contributed by atoms with E-state index in [1.165, 1.54) is 0 Å². The molecule has 4 rings (SSSR count). The molecule has 1 saturated heterocycles. The van der Waals surface area contributed by atoms with Crippen LogP contribution in [0.5, 0.6) is 0 Å². The number of nitrogens with two attached hydrogens (primary N) is 1. The molecule has 2 N–H and O–H groups in total. The van der Waals surface area contributed by atoms with Crippen molar-refractivity contribution in [3.63, 3.8) is 0 Å². The molecule has 0 unspecified atom stereocenters. The number of anilines is 2. The van der Waals surface area contributed by atoms with Crippen LogP contribution in [0.2, 0.25) is 0 Å². The Labute approximate surface area is 159 Å². The smallest absolute Gasteiger partial charge is 0.240 e. The summed E-state index contributed by atoms with van der Waals surface area (Å²) in [4.78, 5) is 30.2. The molecule has 27 heavy (non-hydrogen) atoms. The van der Waals surface area contributed by atoms with E-state index in [-0.39, 0.29) is 24.3 Å². The molecule has 2 aliphatic rings. The second-order valence-corrected chi connectivity index (χ2v) is 8.05. The minimum Gasteiger partial charge on any atom is -0.399 e. The van der Waals surface area contributed by atoms with Crippen molar-refractivity contribution >= 4 is 23.2 Å². The number of carbonyl (C=O) groups excluding carboxylic acids is 2. The average Bonchev–Trinajstić information content (AvgIpc) is 3.02. The zero-order chi connectivity index (χ0) is 19.3. The number of benzene rings is 2. The second-order valence-electron chi connectivity index (χ2n) is 8.05. The number of carbonyl (C=O) groups is 2. The minimum atomic E-state index is -0.924. The minimum absolute atomic E-state index is 0.00310. The van der Waals surface area contributed by atoms with Crippen molar-refractivity contribution < 1.29 is 9.59 Å². The van der Waals surface area contributed by atoms with Crippen molar-refractivity contribution in [3.05, 3.63) is 59.7 Å². The van der Waals surface area contributed by atoms with E-state index in [1.54, 1.807) is 11.9 Å². The molecule has 1 spiro atoms. The molecule has 2 heterocycles. The van der Waals surface area contributed by atoms with Gasteiger partial charge in [-0.25, -0.2) is 0 Å². The Hall–Kier alpha value is -2.82. The van der Waals surface area contributed by atoms with E-state index >= 15 is 0 Å². The highest BCUT2D eigenvalue weighted by Gasteiger charge is 2.62. The molecule has 0 aliphatic carbocycles. The van der Waals surface area contributed by atoms with E-state index in [4.69, 9.17) is 5.73 Å². The molecule has 0 aromatic heterocycles. The third-order valence-corrected chi connectivity index (χ3v) is 5.76. The number of fused-ring (bicyclic) bond motifs is 2. The topological polar surface area (TPSA) is 66.6 Å². The van der Waals surface area contributed by atoms with Crippen LogP contribution in [0, 0.1) is 5.92 Å². The van der Waals surface area contributed by atoms with Crippen molar-refractivity contribution in [2.24, 2.45) is 5.92 Å². The number of rotatable bonds is 3. The number of likely N-dealkylation sites (tertiary alicyclic amines) is 1. The lowest BCUT2D eigenvalue weighted by molar-refractivity contribution is -0.128. The molecule has 0 saturated carbocycles. The Morgan fingerprint density at radius 2 is 1.85 bits per heavy atom. The number of likely N-dealkylation sites (N-methyl/N-ethyl adjacent to an activating group) is 1. The molecule has 5 nitrogen and oxygen atoms in total. The summed E-state index contributed by atoms with van der Waals surface area (Å²) in [6.45, 7) is 4.81. The number of nitrogen functional groups attached to an aromatic ring is 1. The van der Waals surface area contributed by atoms with Crippen molar-refractivity contribution in [1.82, 2.24) is 4.90 Å². The van der Waals surface area contributed by atoms with E-state index < -0.39 is 5.41 Å². The summed E-state index contributed by atoms with van der Waals surface area (Å²) in [5.74, 6) is 0.305. The van der Waals surface area contributed by atoms with Gasteiger partial charge in [0, 0.05) is 31.4 Å². The Morgan fingerprint density at radius 3 is 2.52 bits per heavy atom. The van der Waals surface area contributed by atoms with E-state index in [1.807, 2.05) is 53.4 Å². The fraction of sp³-hybridized carbons (Fsp3) is 0.364. The van der Waals surface area contributed by atoms with Crippen LogP contribution in [0.25, 0.3) is 0 Å². The molecule has 2 aromatic carbocycles. The van der Waals surface area contributed by atoms with Gasteiger partial charge in [0.05, 0.1) is 6.04 Å². The van der Waals surface area contributed by atoms with Crippen LogP contribution >= 0.6 is 0 Å². The fourth-order valence-corrected chi connectivity index (χ4v) is 4.67. The van der Waals surface area contributed by atoms with Gasteiger partial charge in [0.1, 0.15) is 5.41 Å². The summed E-state index contributed by atoms with van der Waals surface area (Å²) in [5.41, 5.74) is 8.51. The molecule has 140 valence electrons. The molecule has 0 bridgehead atoms. The first-order chi connectivity index (χ1) is 12.9. The summed E-state index contributed by atoms with van der Waals surface area (Å²) in [5, 5.41) is 0. The molecule has 2 aliphatic heterocycles. The highest BCUT2D eigenvalue weighted by Crippen LogP contribution is 2.56. The Morgan fingerprint density at radius 1 is 1.15 bits per heavy atom. The molecule has 2 amide bonds. The summed E-state index contributed by atoms with van der Waals surface area (Å²) < 4.78 is 0. The van der Waals surface area contributed by atoms with Crippen LogP contribution in [0.3, 0.4) is 0 Å². The standard InChI is InChI=1S/C22H25N3O2/c1-14(2)13-25-18-10-9-16(23)11-17(18)22(21(25)27)12-19(26)24(3)20(22)15-7-5-4-6-8-15/h4-11,14,20H,12-13,23H2,1-3H3/t20-,22-/m1/s1. The van der Waals surface area contributed by atoms with Gasteiger partial charge in [0.2, 0.25) is 11.8 Å². The summed E-state index contributed by atoms with van der Waals surface area (Å²) >= 11 is 0. The number of hydrogen-bond acceptors (Lipinski definition) is 3. The van der Waals surface area contributed by atoms with Crippen LogP contribution < -0.4 is 10.6 Å². The van der Waals surface area contributed by atoms with Gasteiger partial charge in [-0.15, -0.1) is 0 Å². The van der Waals surface area contributed by atoms with Gasteiger partial charge in [0.15, 0.2) is 0 Å². The quantitative estimate of drug-likeness (QED) is 0.852. The number of nitrogens with zero attached hydrogens (tertiary/aromatic N) is 2. The van der Waals surface area contributed by atoms with Gasteiger partial charge in [-0.2, -0.15) is 0 Å². The summed E-state index contributed by atoms with van der Waals surface area (Å²) in [7, 11) is 1.79. The van der Waals surface area contributed by atoms with Gasteiger partial charge in [0.25, 0.3) is 0 Å². The average molecular weight is 363 g/mol. The molecule has 1 fully saturated rings. The van der Waals surface area contributed by atoms with E-state index in [0.717, 1.165) is 16.8 Å². The maximum atomic E-state index is 13.8. The van der Waals surface area contributed by atoms with Gasteiger partial charge in [-0.05, 0) is 35.2 Å². The van der Waals surface area contributed by atoms with Gasteiger partial charge in [-0.3, -0.25) is 9.59 Å². The van der Waals surface area contributed by atoms with Crippen molar-refractivity contribution in [2.75, 3.05) is 24.2 Å². The molecule has 2 aromatic rings. The Kier molecular flexibility index (Phi) is 3.98. The van der Waals surface area contributed by atoms with Crippen molar-refractivity contribution in [1.29, 1.82) is 0 Å². The van der Waals surface area contributed by atoms with Crippen LogP contribution in [-0.4, -0.2) is 30.3 Å². The Bertz CT molecular complexity index is 909. The molecular weight excluding hydrogens is 338 g/mol. The summed E-state index contributed by atoms with van der Waals surface area (Å²) in [6, 6.07) is 15.1. The maximum Gasteiger partial charge on any atom is 0.240 e. The van der Waals surface area contributed by atoms with E-state index in [2.05, 4.69) is 13.8 Å². The third-order valence-electron chi connectivity index (χ3n) is 5.76. The van der Waals surface area contributed by atoms with Crippen molar-refractivity contribution in [2.45, 2.75) is 31.7 Å². The SMILES string of the molecule is CC(C)CN1C(=O)[C@]2(CC(=O)N(C)[C@@H]2c2ccccc2)c2cc(N)ccc21. The van der Waals surface area contributed by atoms with E-state index in [0.29, 0.717) is 18.2 Å². The molecular formula is C22H25N3O2. The van der Waals surface area contributed by atoms with Crippen LogP contribution in [0.4, 0.5) is 11.4 Å². The summed E-state index contributed by atoms with van der Waals surface area (Å²) in [6.07, 6.45) is 0.174. The first-order valence-corrected chi connectivity index (χ1v) is 9.39. The lowest BCUT2D eigenvalue weighted by atomic mass is 9.72. The largest absolute Gasteiger partial charge is 0.399 e. The Balaban J connectivity index is 1.96. The molecule has 5 heteroatoms. The van der Waals surface area contributed by atoms with Gasteiger partial charge < -0.3 is 15.5 Å². The normalized spacial score (nSPS) is 24.4. The number of hydrogen-bond donors (Lipinski definition) is 1. The monoisotopic (exact) mass is 363 g/mol.